The molecule has 0 fully saturated rings. The molecule has 0 aliphatic heterocycles. The first-order chi connectivity index (χ1) is 48.1. The van der Waals surface area contributed by atoms with Crippen molar-refractivity contribution in [2.75, 3.05) is 39.6 Å². The van der Waals surface area contributed by atoms with Gasteiger partial charge in [0, 0.05) is 25.7 Å². The van der Waals surface area contributed by atoms with Gasteiger partial charge >= 0.3 is 39.5 Å². The summed E-state index contributed by atoms with van der Waals surface area (Å²) in [5.41, 5.74) is 0. The highest BCUT2D eigenvalue weighted by molar-refractivity contribution is 7.47. The molecule has 3 unspecified atom stereocenters. The van der Waals surface area contributed by atoms with Gasteiger partial charge in [0.2, 0.25) is 0 Å². The van der Waals surface area contributed by atoms with Crippen LogP contribution in [0.5, 0.6) is 0 Å². The van der Waals surface area contributed by atoms with Crippen LogP contribution in [0.1, 0.15) is 415 Å². The minimum absolute atomic E-state index is 0.106. The van der Waals surface area contributed by atoms with Crippen LogP contribution in [0.2, 0.25) is 0 Å². The molecule has 0 saturated carbocycles. The minimum atomic E-state index is -4.96. The molecule has 19 heteroatoms. The molecule has 594 valence electrons. The fourth-order valence-electron chi connectivity index (χ4n) is 12.4. The van der Waals surface area contributed by atoms with Gasteiger partial charge in [-0.2, -0.15) is 0 Å². The molecular weight excluding hydrogens is 1310 g/mol. The summed E-state index contributed by atoms with van der Waals surface area (Å²) < 4.78 is 68.7. The summed E-state index contributed by atoms with van der Waals surface area (Å²) in [6.45, 7) is 14.3. The Morgan fingerprint density at radius 2 is 0.480 bits per heavy atom. The molecule has 3 N–H and O–H groups in total. The van der Waals surface area contributed by atoms with Crippen LogP contribution >= 0.6 is 15.6 Å². The van der Waals surface area contributed by atoms with Crippen LogP contribution in [0.25, 0.3) is 0 Å². The monoisotopic (exact) mass is 1470 g/mol. The maximum atomic E-state index is 13.1. The predicted octanol–water partition coefficient (Wildman–Crippen LogP) is 24.0. The van der Waals surface area contributed by atoms with Crippen molar-refractivity contribution >= 4 is 39.5 Å². The molecule has 0 bridgehead atoms. The van der Waals surface area contributed by atoms with Crippen molar-refractivity contribution in [2.45, 2.75) is 433 Å². The third kappa shape index (κ3) is 73.0. The zero-order valence-electron chi connectivity index (χ0n) is 65.8. The molecule has 0 spiro atoms. The van der Waals surface area contributed by atoms with E-state index in [4.69, 9.17) is 37.0 Å². The van der Waals surface area contributed by atoms with Crippen LogP contribution in [-0.4, -0.2) is 96.7 Å². The van der Waals surface area contributed by atoms with Gasteiger partial charge in [0.25, 0.3) is 0 Å². The number of ether oxygens (including phenoxy) is 4. The van der Waals surface area contributed by atoms with Gasteiger partial charge in [-0.3, -0.25) is 37.3 Å². The third-order valence-electron chi connectivity index (χ3n) is 19.2. The number of aliphatic hydroxyl groups is 1. The lowest BCUT2D eigenvalue weighted by Crippen LogP contribution is -2.30. The Hall–Kier alpha value is -1.94. The van der Waals surface area contributed by atoms with Gasteiger partial charge in [-0.1, -0.05) is 364 Å². The van der Waals surface area contributed by atoms with Gasteiger partial charge in [0.05, 0.1) is 26.4 Å². The van der Waals surface area contributed by atoms with E-state index in [0.29, 0.717) is 25.7 Å². The van der Waals surface area contributed by atoms with E-state index in [1.165, 1.54) is 212 Å². The number of carbonyl (C=O) groups excluding carboxylic acids is 4. The van der Waals surface area contributed by atoms with Crippen LogP contribution in [0.3, 0.4) is 0 Å². The summed E-state index contributed by atoms with van der Waals surface area (Å²) in [6.07, 6.45) is 56.9. The van der Waals surface area contributed by atoms with Crippen LogP contribution in [0.15, 0.2) is 0 Å². The van der Waals surface area contributed by atoms with Crippen LogP contribution in [0.4, 0.5) is 0 Å². The Balaban J connectivity index is 5.25. The molecule has 0 amide bonds. The molecule has 0 saturated heterocycles. The molecule has 0 heterocycles. The predicted molar refractivity (Wildman–Crippen MR) is 409 cm³/mol. The second-order valence-electron chi connectivity index (χ2n) is 30.8. The number of unbranched alkanes of at least 4 members (excludes halogenated alkanes) is 43. The van der Waals surface area contributed by atoms with Crippen molar-refractivity contribution in [2.24, 2.45) is 23.7 Å². The number of rotatable bonds is 78. The van der Waals surface area contributed by atoms with E-state index in [2.05, 4.69) is 55.4 Å². The van der Waals surface area contributed by atoms with Crippen molar-refractivity contribution < 1.29 is 80.2 Å². The SMILES string of the molecule is CCC(C)CCCCCCCCC(=O)OC[C@H](COP(=O)(O)OC[C@H](O)COP(=O)(O)OC[C@@H](COC(=O)CCCCCCCCCCCCCCCCCC(C)C)OC(=O)CCCCCCCCCCCCCCCC(C)C)OC(=O)CCCCCCCCCCCCCCCC(C)C. The second kappa shape index (κ2) is 70.1. The maximum absolute atomic E-state index is 13.1. The highest BCUT2D eigenvalue weighted by atomic mass is 31.2. The number of esters is 4. The Morgan fingerprint density at radius 3 is 0.710 bits per heavy atom. The lowest BCUT2D eigenvalue weighted by molar-refractivity contribution is -0.161. The van der Waals surface area contributed by atoms with E-state index in [9.17, 15) is 43.2 Å². The van der Waals surface area contributed by atoms with Crippen molar-refractivity contribution in [1.82, 2.24) is 0 Å². The van der Waals surface area contributed by atoms with Crippen LogP contribution in [0, 0.1) is 23.7 Å². The summed E-state index contributed by atoms with van der Waals surface area (Å²) in [5, 5.41) is 10.6. The summed E-state index contributed by atoms with van der Waals surface area (Å²) in [5.74, 6) is 0.996. The Labute approximate surface area is 613 Å². The van der Waals surface area contributed by atoms with Gasteiger partial charge in [-0.15, -0.1) is 0 Å². The highest BCUT2D eigenvalue weighted by Crippen LogP contribution is 2.45. The number of carbonyl (C=O) groups is 4. The van der Waals surface area contributed by atoms with E-state index < -0.39 is 97.5 Å². The molecule has 100 heavy (non-hydrogen) atoms. The Bertz CT molecular complexity index is 1960. The number of hydrogen-bond donors (Lipinski definition) is 3. The van der Waals surface area contributed by atoms with Gasteiger partial charge in [0.15, 0.2) is 12.2 Å². The number of phosphoric ester groups is 2. The molecule has 0 aromatic heterocycles. The number of hydrogen-bond acceptors (Lipinski definition) is 15. The average Bonchev–Trinajstić information content (AvgIpc) is 0.925. The largest absolute Gasteiger partial charge is 0.472 e. The molecule has 0 aliphatic rings. The molecule has 6 atom stereocenters. The first-order valence-corrected chi connectivity index (χ1v) is 44.7. The normalized spacial score (nSPS) is 14.3. The zero-order chi connectivity index (χ0) is 73.8. The number of aliphatic hydroxyl groups excluding tert-OH is 1. The average molecular weight is 1470 g/mol. The lowest BCUT2D eigenvalue weighted by atomic mass is 10.00. The van der Waals surface area contributed by atoms with E-state index in [1.54, 1.807) is 0 Å². The van der Waals surface area contributed by atoms with Crippen molar-refractivity contribution in [3.05, 3.63) is 0 Å². The lowest BCUT2D eigenvalue weighted by Gasteiger charge is -2.21. The smallest absolute Gasteiger partial charge is 0.462 e. The van der Waals surface area contributed by atoms with Gasteiger partial charge in [-0.25, -0.2) is 9.13 Å². The molecule has 0 radical (unpaired) electrons. The Kier molecular flexibility index (Phi) is 68.7. The van der Waals surface area contributed by atoms with Crippen LogP contribution in [-0.2, 0) is 65.4 Å². The fourth-order valence-corrected chi connectivity index (χ4v) is 14.0. The second-order valence-corrected chi connectivity index (χ2v) is 33.7. The van der Waals surface area contributed by atoms with Gasteiger partial charge in [0.1, 0.15) is 19.3 Å². The molecular formula is C81H158O17P2. The molecule has 17 nitrogen and oxygen atoms in total. The first-order valence-electron chi connectivity index (χ1n) is 41.7. The quantitative estimate of drug-likeness (QED) is 0.0222. The molecule has 0 aromatic carbocycles. The van der Waals surface area contributed by atoms with Gasteiger partial charge < -0.3 is 33.8 Å². The van der Waals surface area contributed by atoms with Crippen LogP contribution < -0.4 is 0 Å². The van der Waals surface area contributed by atoms with E-state index in [1.807, 2.05) is 0 Å². The van der Waals surface area contributed by atoms with E-state index >= 15 is 0 Å². The summed E-state index contributed by atoms with van der Waals surface area (Å²) in [6, 6.07) is 0. The zero-order valence-corrected chi connectivity index (χ0v) is 67.6. The first kappa shape index (κ1) is 98.1. The van der Waals surface area contributed by atoms with E-state index in [-0.39, 0.29) is 25.7 Å². The van der Waals surface area contributed by atoms with Crippen molar-refractivity contribution in [3.63, 3.8) is 0 Å². The van der Waals surface area contributed by atoms with Crippen molar-refractivity contribution in [3.8, 4) is 0 Å². The Morgan fingerprint density at radius 1 is 0.280 bits per heavy atom. The third-order valence-corrected chi connectivity index (χ3v) is 21.1. The summed E-state index contributed by atoms with van der Waals surface area (Å²) in [4.78, 5) is 73.0. The fraction of sp³-hybridized carbons (Fsp3) is 0.951. The molecule has 0 rings (SSSR count). The van der Waals surface area contributed by atoms with Crippen molar-refractivity contribution in [1.29, 1.82) is 0 Å². The highest BCUT2D eigenvalue weighted by Gasteiger charge is 2.30. The molecule has 0 aliphatic carbocycles. The van der Waals surface area contributed by atoms with E-state index in [0.717, 1.165) is 120 Å². The minimum Gasteiger partial charge on any atom is -0.462 e. The summed E-state index contributed by atoms with van der Waals surface area (Å²) >= 11 is 0. The molecule has 0 aromatic rings. The summed E-state index contributed by atoms with van der Waals surface area (Å²) in [7, 11) is -9.92. The van der Waals surface area contributed by atoms with Gasteiger partial charge in [-0.05, 0) is 49.4 Å². The maximum Gasteiger partial charge on any atom is 0.472 e. The number of phosphoric acid groups is 2. The topological polar surface area (TPSA) is 237 Å². The standard InChI is InChI=1S/C81H158O17P2/c1-9-74(8)60-52-44-39-40-46-54-62-79(84)92-68-77(98-81(86)64-56-48-38-32-26-20-14-17-23-29-35-43-51-59-73(6)7)70-96-100(89,90)94-66-75(82)65-93-99(87,88)95-69-76(97-80(85)63-55-47-37-31-25-19-13-16-22-28-34-42-50-58-72(4)5)67-91-78(83)61-53-45-36-30-24-18-12-10-11-15-21-27-33-41-49-57-71(2)3/h71-77,82H,9-70H2,1-8H3,(H,87,88)(H,89,90)/t74?,75-,76-,77-/m1/s1.